The molecule has 0 saturated carbocycles. The highest BCUT2D eigenvalue weighted by Crippen LogP contribution is 2.21. The second-order valence-corrected chi connectivity index (χ2v) is 4.27. The van der Waals surface area contributed by atoms with Gasteiger partial charge in [-0.2, -0.15) is 0 Å². The summed E-state index contributed by atoms with van der Waals surface area (Å²) in [5.41, 5.74) is -0.662. The topological polar surface area (TPSA) is 92.5 Å². The molecule has 1 aromatic carbocycles. The number of hydrogen-bond donors (Lipinski definition) is 2. The molecule has 1 rings (SSSR count). The van der Waals surface area contributed by atoms with Gasteiger partial charge in [0.1, 0.15) is 5.82 Å². The number of nitrogens with one attached hydrogen (secondary N) is 1. The highest BCUT2D eigenvalue weighted by Gasteiger charge is 2.20. The van der Waals surface area contributed by atoms with Crippen LogP contribution in [-0.2, 0) is 0 Å². The first-order valence-electron chi connectivity index (χ1n) is 5.73. The van der Waals surface area contributed by atoms with E-state index in [9.17, 15) is 19.3 Å². The van der Waals surface area contributed by atoms with Gasteiger partial charge in [-0.15, -0.1) is 0 Å². The molecular weight excluding hydrogens is 255 g/mol. The lowest BCUT2D eigenvalue weighted by Crippen LogP contribution is -2.33. The summed E-state index contributed by atoms with van der Waals surface area (Å²) in [7, 11) is 0. The third-order valence-electron chi connectivity index (χ3n) is 2.63. The van der Waals surface area contributed by atoms with E-state index in [2.05, 4.69) is 5.32 Å². The molecule has 0 aliphatic rings. The molecule has 0 radical (unpaired) electrons. The van der Waals surface area contributed by atoms with Crippen LogP contribution in [0.1, 0.15) is 29.3 Å². The standard InChI is InChI=1S/C12H15FN2O4/c1-7-5-9(15(18)19)6-10(11(7)13)12(17)14-8(2)3-4-16/h5-6,8,16H,3-4H2,1-2H3,(H,14,17). The molecule has 1 atom stereocenters. The molecule has 0 aliphatic heterocycles. The molecule has 1 aromatic rings. The first-order chi connectivity index (χ1) is 8.86. The maximum absolute atomic E-state index is 13.8. The Kier molecular flexibility index (Phi) is 4.94. The van der Waals surface area contributed by atoms with Crippen LogP contribution in [0.4, 0.5) is 10.1 Å². The van der Waals surface area contributed by atoms with Gasteiger partial charge in [-0.1, -0.05) is 0 Å². The quantitative estimate of drug-likeness (QED) is 0.627. The van der Waals surface area contributed by atoms with Crippen LogP contribution in [-0.4, -0.2) is 28.6 Å². The van der Waals surface area contributed by atoms with Crippen molar-refractivity contribution in [3.05, 3.63) is 39.2 Å². The molecule has 2 N–H and O–H groups in total. The number of benzene rings is 1. The lowest BCUT2D eigenvalue weighted by molar-refractivity contribution is -0.385. The molecule has 6 nitrogen and oxygen atoms in total. The second-order valence-electron chi connectivity index (χ2n) is 4.27. The number of carbonyl (C=O) groups is 1. The minimum atomic E-state index is -0.778. The summed E-state index contributed by atoms with van der Waals surface area (Å²) in [6.45, 7) is 2.89. The van der Waals surface area contributed by atoms with Gasteiger partial charge in [0.25, 0.3) is 11.6 Å². The number of aryl methyl sites for hydroxylation is 1. The van der Waals surface area contributed by atoms with Crippen LogP contribution in [0.15, 0.2) is 12.1 Å². The summed E-state index contributed by atoms with van der Waals surface area (Å²) in [5.74, 6) is -1.51. The normalized spacial score (nSPS) is 12.0. The zero-order valence-electron chi connectivity index (χ0n) is 10.6. The fourth-order valence-electron chi connectivity index (χ4n) is 1.59. The van der Waals surface area contributed by atoms with Crippen LogP contribution in [0.5, 0.6) is 0 Å². The average Bonchev–Trinajstić information content (AvgIpc) is 2.32. The Labute approximate surface area is 109 Å². The number of non-ortho nitro benzene ring substituents is 1. The van der Waals surface area contributed by atoms with Crippen molar-refractivity contribution in [3.8, 4) is 0 Å². The summed E-state index contributed by atoms with van der Waals surface area (Å²) in [4.78, 5) is 21.8. The molecule has 1 amide bonds. The van der Waals surface area contributed by atoms with Gasteiger partial charge < -0.3 is 10.4 Å². The summed E-state index contributed by atoms with van der Waals surface area (Å²) in [6, 6.07) is 1.63. The van der Waals surface area contributed by atoms with Crippen molar-refractivity contribution in [1.29, 1.82) is 0 Å². The number of halogens is 1. The lowest BCUT2D eigenvalue weighted by atomic mass is 10.1. The van der Waals surface area contributed by atoms with Gasteiger partial charge in [-0.3, -0.25) is 14.9 Å². The van der Waals surface area contributed by atoms with Crippen LogP contribution in [0.25, 0.3) is 0 Å². The molecule has 19 heavy (non-hydrogen) atoms. The average molecular weight is 270 g/mol. The number of nitrogens with zero attached hydrogens (tertiary/aromatic N) is 1. The first kappa shape index (κ1) is 15.0. The SMILES string of the molecule is Cc1cc([N+](=O)[O-])cc(C(=O)NC(C)CCO)c1F. The number of rotatable bonds is 5. The van der Waals surface area contributed by atoms with Crippen LogP contribution >= 0.6 is 0 Å². The Hall–Kier alpha value is -2.02. The molecule has 0 heterocycles. The largest absolute Gasteiger partial charge is 0.396 e. The molecule has 7 heteroatoms. The molecule has 0 bridgehead atoms. The van der Waals surface area contributed by atoms with Crippen LogP contribution in [0.3, 0.4) is 0 Å². The van der Waals surface area contributed by atoms with E-state index in [0.717, 1.165) is 12.1 Å². The van der Waals surface area contributed by atoms with Crippen molar-refractivity contribution in [2.45, 2.75) is 26.3 Å². The van der Waals surface area contributed by atoms with E-state index in [1.165, 1.54) is 6.92 Å². The summed E-state index contributed by atoms with van der Waals surface area (Å²) >= 11 is 0. The highest BCUT2D eigenvalue weighted by atomic mass is 19.1. The third kappa shape index (κ3) is 3.72. The fraction of sp³-hybridized carbons (Fsp3) is 0.417. The van der Waals surface area contributed by atoms with Gasteiger partial charge in [0.15, 0.2) is 0 Å². The number of nitro benzene ring substituents is 1. The zero-order valence-corrected chi connectivity index (χ0v) is 10.6. The second kappa shape index (κ2) is 6.24. The molecule has 104 valence electrons. The summed E-state index contributed by atoms with van der Waals surface area (Å²) in [6.07, 6.45) is 0.321. The number of hydrogen-bond acceptors (Lipinski definition) is 4. The van der Waals surface area contributed by atoms with E-state index >= 15 is 0 Å². The predicted molar refractivity (Wildman–Crippen MR) is 66.4 cm³/mol. The molecule has 0 aromatic heterocycles. The van der Waals surface area contributed by atoms with Crippen molar-refractivity contribution >= 4 is 11.6 Å². The lowest BCUT2D eigenvalue weighted by Gasteiger charge is -2.13. The number of carbonyl (C=O) groups excluding carboxylic acids is 1. The molecule has 0 aliphatic carbocycles. The molecule has 0 saturated heterocycles. The van der Waals surface area contributed by atoms with Crippen LogP contribution in [0.2, 0.25) is 0 Å². The first-order valence-corrected chi connectivity index (χ1v) is 5.73. The fourth-order valence-corrected chi connectivity index (χ4v) is 1.59. The number of amides is 1. The Bertz CT molecular complexity index is 505. The van der Waals surface area contributed by atoms with Crippen molar-refractivity contribution in [1.82, 2.24) is 5.32 Å². The number of nitro groups is 1. The highest BCUT2D eigenvalue weighted by molar-refractivity contribution is 5.95. The number of aliphatic hydroxyl groups is 1. The van der Waals surface area contributed by atoms with Crippen LogP contribution in [0, 0.1) is 22.9 Å². The molecule has 0 spiro atoms. The van der Waals surface area contributed by atoms with Crippen molar-refractivity contribution in [3.63, 3.8) is 0 Å². The monoisotopic (exact) mass is 270 g/mol. The minimum absolute atomic E-state index is 0.0363. The number of aliphatic hydroxyl groups excluding tert-OH is 1. The molecular formula is C12H15FN2O4. The van der Waals surface area contributed by atoms with Gasteiger partial charge in [0, 0.05) is 24.8 Å². The van der Waals surface area contributed by atoms with Gasteiger partial charge >= 0.3 is 0 Å². The van der Waals surface area contributed by atoms with E-state index in [-0.39, 0.29) is 29.5 Å². The van der Waals surface area contributed by atoms with E-state index in [4.69, 9.17) is 5.11 Å². The van der Waals surface area contributed by atoms with Crippen molar-refractivity contribution < 1.29 is 19.2 Å². The van der Waals surface area contributed by atoms with Crippen molar-refractivity contribution in [2.24, 2.45) is 0 Å². The zero-order chi connectivity index (χ0) is 14.6. The van der Waals surface area contributed by atoms with Gasteiger partial charge in [0.2, 0.25) is 0 Å². The Balaban J connectivity index is 3.05. The molecule has 1 unspecified atom stereocenters. The van der Waals surface area contributed by atoms with E-state index in [1.54, 1.807) is 6.92 Å². The third-order valence-corrected chi connectivity index (χ3v) is 2.63. The molecule has 0 fully saturated rings. The summed E-state index contributed by atoms with van der Waals surface area (Å²) < 4.78 is 13.8. The summed E-state index contributed by atoms with van der Waals surface area (Å²) in [5, 5.41) is 21.9. The van der Waals surface area contributed by atoms with E-state index < -0.39 is 16.6 Å². The van der Waals surface area contributed by atoms with E-state index in [0.29, 0.717) is 6.42 Å². The Morgan fingerprint density at radius 1 is 1.58 bits per heavy atom. The predicted octanol–water partition coefficient (Wildman–Crippen LogP) is 1.54. The van der Waals surface area contributed by atoms with E-state index in [1.807, 2.05) is 0 Å². The maximum atomic E-state index is 13.8. The van der Waals surface area contributed by atoms with Gasteiger partial charge in [-0.25, -0.2) is 4.39 Å². The smallest absolute Gasteiger partial charge is 0.270 e. The Morgan fingerprint density at radius 2 is 2.21 bits per heavy atom. The van der Waals surface area contributed by atoms with Gasteiger partial charge in [0.05, 0.1) is 10.5 Å². The minimum Gasteiger partial charge on any atom is -0.396 e. The maximum Gasteiger partial charge on any atom is 0.270 e. The van der Waals surface area contributed by atoms with Crippen LogP contribution < -0.4 is 5.32 Å². The van der Waals surface area contributed by atoms with Crippen molar-refractivity contribution in [2.75, 3.05) is 6.61 Å². The Morgan fingerprint density at radius 3 is 2.74 bits per heavy atom. The van der Waals surface area contributed by atoms with Gasteiger partial charge in [-0.05, 0) is 25.8 Å².